The van der Waals surface area contributed by atoms with E-state index in [0.717, 1.165) is 11.3 Å². The quantitative estimate of drug-likeness (QED) is 0.740. The molecule has 138 valence electrons. The highest BCUT2D eigenvalue weighted by Crippen LogP contribution is 2.43. The number of nitrogens with zero attached hydrogens (tertiary/aromatic N) is 1. The van der Waals surface area contributed by atoms with Crippen LogP contribution < -0.4 is 14.8 Å². The maximum absolute atomic E-state index is 12.8. The van der Waals surface area contributed by atoms with Gasteiger partial charge < -0.3 is 19.7 Å². The zero-order chi connectivity index (χ0) is 18.7. The van der Waals surface area contributed by atoms with Crippen LogP contribution in [-0.4, -0.2) is 37.4 Å². The summed E-state index contributed by atoms with van der Waals surface area (Å²) >= 11 is 13.9. The van der Waals surface area contributed by atoms with E-state index in [9.17, 15) is 4.79 Å². The van der Waals surface area contributed by atoms with Crippen molar-refractivity contribution in [3.63, 3.8) is 0 Å². The molecule has 0 bridgehead atoms. The average Bonchev–Trinajstić information content (AvgIpc) is 3.14. The Bertz CT molecular complexity index is 819. The first kappa shape index (κ1) is 19.0. The summed E-state index contributed by atoms with van der Waals surface area (Å²) in [5.74, 6) is 2.25. The van der Waals surface area contributed by atoms with Crippen LogP contribution in [0.2, 0.25) is 10.0 Å². The first-order valence-electron chi connectivity index (χ1n) is 7.90. The van der Waals surface area contributed by atoms with Gasteiger partial charge in [0.05, 0.1) is 30.0 Å². The lowest BCUT2D eigenvalue weighted by atomic mass is 10.1. The van der Waals surface area contributed by atoms with Gasteiger partial charge in [0, 0.05) is 17.9 Å². The fourth-order valence-corrected chi connectivity index (χ4v) is 4.37. The summed E-state index contributed by atoms with van der Waals surface area (Å²) < 4.78 is 10.8. The van der Waals surface area contributed by atoms with Gasteiger partial charge in [0.25, 0.3) is 0 Å². The van der Waals surface area contributed by atoms with Crippen molar-refractivity contribution < 1.29 is 14.3 Å². The first-order chi connectivity index (χ1) is 12.5. The molecule has 2 aromatic carbocycles. The summed E-state index contributed by atoms with van der Waals surface area (Å²) in [6.07, 6.45) is 0. The fraction of sp³-hybridized carbons (Fsp3) is 0.278. The molecule has 1 heterocycles. The van der Waals surface area contributed by atoms with Crippen molar-refractivity contribution >= 4 is 46.7 Å². The Kier molecular flexibility index (Phi) is 6.06. The van der Waals surface area contributed by atoms with Crippen LogP contribution in [0.5, 0.6) is 11.5 Å². The van der Waals surface area contributed by atoms with E-state index in [1.807, 2.05) is 18.2 Å². The molecule has 1 aliphatic rings. The van der Waals surface area contributed by atoms with Crippen LogP contribution >= 0.6 is 35.0 Å². The van der Waals surface area contributed by atoms with Gasteiger partial charge in [-0.2, -0.15) is 0 Å². The molecule has 3 rings (SSSR count). The largest absolute Gasteiger partial charge is 0.497 e. The number of nitrogens with one attached hydrogen (secondary N) is 1. The van der Waals surface area contributed by atoms with Gasteiger partial charge >= 0.3 is 6.03 Å². The van der Waals surface area contributed by atoms with Crippen LogP contribution in [0.3, 0.4) is 0 Å². The lowest BCUT2D eigenvalue weighted by molar-refractivity contribution is 0.213. The van der Waals surface area contributed by atoms with Gasteiger partial charge in [-0.05, 0) is 30.3 Å². The number of methoxy groups -OCH3 is 2. The smallest absolute Gasteiger partial charge is 0.323 e. The summed E-state index contributed by atoms with van der Waals surface area (Å²) in [4.78, 5) is 14.6. The Morgan fingerprint density at radius 1 is 1.23 bits per heavy atom. The van der Waals surface area contributed by atoms with Crippen molar-refractivity contribution in [3.05, 3.63) is 52.0 Å². The van der Waals surface area contributed by atoms with Crippen molar-refractivity contribution in [1.29, 1.82) is 0 Å². The Hall–Kier alpha value is -1.76. The molecule has 1 fully saturated rings. The number of hydrogen-bond donors (Lipinski definition) is 1. The molecular weight excluding hydrogens is 395 g/mol. The number of thioether (sulfide) groups is 1. The molecule has 2 aromatic rings. The topological polar surface area (TPSA) is 50.8 Å². The van der Waals surface area contributed by atoms with E-state index in [1.54, 1.807) is 49.1 Å². The fourth-order valence-electron chi connectivity index (χ4n) is 2.76. The second-order valence-corrected chi connectivity index (χ2v) is 7.53. The predicted octanol–water partition coefficient (Wildman–Crippen LogP) is 5.29. The maximum Gasteiger partial charge on any atom is 0.323 e. The molecular formula is C18H18Cl2N2O3S. The first-order valence-corrected chi connectivity index (χ1v) is 9.70. The van der Waals surface area contributed by atoms with E-state index in [0.29, 0.717) is 33.8 Å². The number of hydrogen-bond acceptors (Lipinski definition) is 4. The number of carbonyl (C=O) groups is 1. The zero-order valence-electron chi connectivity index (χ0n) is 14.3. The van der Waals surface area contributed by atoms with Crippen LogP contribution in [-0.2, 0) is 0 Å². The third-order valence-corrected chi connectivity index (χ3v) is 6.11. The predicted molar refractivity (Wildman–Crippen MR) is 107 cm³/mol. The highest BCUT2D eigenvalue weighted by Gasteiger charge is 2.33. The number of urea groups is 1. The van der Waals surface area contributed by atoms with E-state index >= 15 is 0 Å². The van der Waals surface area contributed by atoms with E-state index in [2.05, 4.69) is 5.32 Å². The molecule has 2 amide bonds. The Labute approximate surface area is 166 Å². The minimum absolute atomic E-state index is 0.182. The number of benzene rings is 2. The molecule has 26 heavy (non-hydrogen) atoms. The summed E-state index contributed by atoms with van der Waals surface area (Å²) in [5.41, 5.74) is 1.37. The van der Waals surface area contributed by atoms with E-state index < -0.39 is 0 Å². The molecule has 0 radical (unpaired) electrons. The zero-order valence-corrected chi connectivity index (χ0v) is 16.6. The summed E-state index contributed by atoms with van der Waals surface area (Å²) in [7, 11) is 3.22. The molecule has 1 aliphatic heterocycles. The third-order valence-electron chi connectivity index (χ3n) is 4.05. The number of carbonyl (C=O) groups excluding carboxylic acids is 1. The number of amides is 2. The summed E-state index contributed by atoms with van der Waals surface area (Å²) in [6, 6.07) is 10.5. The van der Waals surface area contributed by atoms with E-state index in [4.69, 9.17) is 32.7 Å². The Morgan fingerprint density at radius 3 is 2.77 bits per heavy atom. The van der Waals surface area contributed by atoms with Gasteiger partial charge in [-0.15, -0.1) is 11.8 Å². The van der Waals surface area contributed by atoms with Gasteiger partial charge in [-0.25, -0.2) is 4.79 Å². The molecule has 0 spiro atoms. The van der Waals surface area contributed by atoms with Crippen LogP contribution in [0, 0.1) is 0 Å². The van der Waals surface area contributed by atoms with Crippen LogP contribution in [0.25, 0.3) is 0 Å². The van der Waals surface area contributed by atoms with Gasteiger partial charge in [0.2, 0.25) is 0 Å². The van der Waals surface area contributed by atoms with Gasteiger partial charge in [0.15, 0.2) is 0 Å². The van der Waals surface area contributed by atoms with Crippen molar-refractivity contribution in [2.75, 3.05) is 31.8 Å². The monoisotopic (exact) mass is 412 g/mol. The number of halogens is 2. The van der Waals surface area contributed by atoms with Crippen LogP contribution in [0.4, 0.5) is 10.5 Å². The van der Waals surface area contributed by atoms with Crippen molar-refractivity contribution in [1.82, 2.24) is 4.90 Å². The van der Waals surface area contributed by atoms with E-state index in [-0.39, 0.29) is 11.4 Å². The van der Waals surface area contributed by atoms with Crippen LogP contribution in [0.15, 0.2) is 36.4 Å². The SMILES string of the molecule is COc1ccc(OC)c(C2SCCN2C(=O)Nc2cccc(Cl)c2Cl)c1. The third kappa shape index (κ3) is 3.82. The Morgan fingerprint density at radius 2 is 2.04 bits per heavy atom. The lowest BCUT2D eigenvalue weighted by Gasteiger charge is -2.26. The van der Waals surface area contributed by atoms with Gasteiger partial charge in [0.1, 0.15) is 16.9 Å². The molecule has 0 saturated carbocycles. The second kappa shape index (κ2) is 8.29. The van der Waals surface area contributed by atoms with Crippen molar-refractivity contribution in [3.8, 4) is 11.5 Å². The lowest BCUT2D eigenvalue weighted by Crippen LogP contribution is -2.34. The number of rotatable bonds is 4. The van der Waals surface area contributed by atoms with Crippen molar-refractivity contribution in [2.24, 2.45) is 0 Å². The minimum atomic E-state index is -0.242. The standard InChI is InChI=1S/C18H18Cl2N2O3S/c1-24-11-6-7-15(25-2)12(10-11)17-22(8-9-26-17)18(23)21-14-5-3-4-13(19)16(14)20/h3-7,10,17H,8-9H2,1-2H3,(H,21,23). The van der Waals surface area contributed by atoms with Gasteiger partial charge in [-0.3, -0.25) is 0 Å². The molecule has 0 aromatic heterocycles. The highest BCUT2D eigenvalue weighted by molar-refractivity contribution is 7.99. The van der Waals surface area contributed by atoms with Crippen LogP contribution in [0.1, 0.15) is 10.9 Å². The molecule has 5 nitrogen and oxygen atoms in total. The second-order valence-electron chi connectivity index (χ2n) is 5.56. The number of ether oxygens (including phenoxy) is 2. The van der Waals surface area contributed by atoms with Crippen molar-refractivity contribution in [2.45, 2.75) is 5.37 Å². The molecule has 8 heteroatoms. The number of anilines is 1. The molecule has 1 atom stereocenters. The molecule has 0 aliphatic carbocycles. The highest BCUT2D eigenvalue weighted by atomic mass is 35.5. The maximum atomic E-state index is 12.8. The summed E-state index contributed by atoms with van der Waals surface area (Å²) in [6.45, 7) is 0.611. The minimum Gasteiger partial charge on any atom is -0.497 e. The molecule has 1 unspecified atom stereocenters. The molecule has 1 N–H and O–H groups in total. The molecule has 1 saturated heterocycles. The van der Waals surface area contributed by atoms with E-state index in [1.165, 1.54) is 0 Å². The summed E-state index contributed by atoms with van der Waals surface area (Å²) in [5, 5.41) is 3.38. The normalized spacial score (nSPS) is 16.5. The average molecular weight is 413 g/mol. The van der Waals surface area contributed by atoms with Gasteiger partial charge in [-0.1, -0.05) is 29.3 Å². The Balaban J connectivity index is 1.86.